The Bertz CT molecular complexity index is 440. The standard InChI is InChI=1S/C11H14N4O/c1-2-8(12)7-10-14-11(15-16-10)9-5-3-4-6-13-9/h3-6,8H,2,7,12H2,1H3. The van der Waals surface area contributed by atoms with E-state index in [9.17, 15) is 0 Å². The minimum Gasteiger partial charge on any atom is -0.339 e. The van der Waals surface area contributed by atoms with E-state index in [0.717, 1.165) is 6.42 Å². The number of rotatable bonds is 4. The maximum Gasteiger partial charge on any atom is 0.228 e. The van der Waals surface area contributed by atoms with E-state index < -0.39 is 0 Å². The highest BCUT2D eigenvalue weighted by Gasteiger charge is 2.11. The van der Waals surface area contributed by atoms with E-state index in [-0.39, 0.29) is 6.04 Å². The Morgan fingerprint density at radius 1 is 1.44 bits per heavy atom. The molecular formula is C11H14N4O. The molecule has 2 heterocycles. The topological polar surface area (TPSA) is 77.8 Å². The molecule has 0 aliphatic heterocycles. The number of hydrogen-bond donors (Lipinski definition) is 1. The number of pyridine rings is 1. The molecule has 0 saturated heterocycles. The first-order valence-electron chi connectivity index (χ1n) is 5.29. The third-order valence-corrected chi connectivity index (χ3v) is 2.32. The molecule has 0 bridgehead atoms. The van der Waals surface area contributed by atoms with Crippen LogP contribution in [-0.4, -0.2) is 21.2 Å². The highest BCUT2D eigenvalue weighted by Crippen LogP contribution is 2.12. The van der Waals surface area contributed by atoms with Crippen molar-refractivity contribution in [1.82, 2.24) is 15.1 Å². The molecule has 0 saturated carbocycles. The molecule has 0 radical (unpaired) electrons. The van der Waals surface area contributed by atoms with Gasteiger partial charge in [0.1, 0.15) is 5.69 Å². The third-order valence-electron chi connectivity index (χ3n) is 2.32. The molecule has 1 unspecified atom stereocenters. The first kappa shape index (κ1) is 10.8. The van der Waals surface area contributed by atoms with Gasteiger partial charge in [0, 0.05) is 18.7 Å². The zero-order chi connectivity index (χ0) is 11.4. The van der Waals surface area contributed by atoms with Crippen molar-refractivity contribution in [2.24, 2.45) is 5.73 Å². The van der Waals surface area contributed by atoms with Crippen LogP contribution in [-0.2, 0) is 6.42 Å². The summed E-state index contributed by atoms with van der Waals surface area (Å²) >= 11 is 0. The van der Waals surface area contributed by atoms with E-state index >= 15 is 0 Å². The average Bonchev–Trinajstić information content (AvgIpc) is 2.78. The third kappa shape index (κ3) is 2.43. The van der Waals surface area contributed by atoms with E-state index in [1.807, 2.05) is 25.1 Å². The molecule has 2 aromatic heterocycles. The molecule has 0 fully saturated rings. The van der Waals surface area contributed by atoms with Crippen molar-refractivity contribution in [2.45, 2.75) is 25.8 Å². The molecule has 5 heteroatoms. The van der Waals surface area contributed by atoms with Crippen LogP contribution >= 0.6 is 0 Å². The predicted octanol–water partition coefficient (Wildman–Crippen LogP) is 1.41. The molecule has 0 spiro atoms. The Hall–Kier alpha value is -1.75. The highest BCUT2D eigenvalue weighted by atomic mass is 16.5. The summed E-state index contributed by atoms with van der Waals surface area (Å²) in [5.41, 5.74) is 6.52. The zero-order valence-electron chi connectivity index (χ0n) is 9.13. The minimum absolute atomic E-state index is 0.0667. The quantitative estimate of drug-likeness (QED) is 0.839. The van der Waals surface area contributed by atoms with E-state index in [1.165, 1.54) is 0 Å². The zero-order valence-corrected chi connectivity index (χ0v) is 9.13. The summed E-state index contributed by atoms with van der Waals surface area (Å²) < 4.78 is 5.11. The molecule has 0 aliphatic carbocycles. The molecule has 84 valence electrons. The van der Waals surface area contributed by atoms with E-state index in [1.54, 1.807) is 6.20 Å². The Balaban J connectivity index is 2.14. The maximum atomic E-state index is 5.81. The lowest BCUT2D eigenvalue weighted by Crippen LogP contribution is -2.21. The van der Waals surface area contributed by atoms with Crippen molar-refractivity contribution in [2.75, 3.05) is 0 Å². The predicted molar refractivity (Wildman–Crippen MR) is 59.5 cm³/mol. The van der Waals surface area contributed by atoms with E-state index in [2.05, 4.69) is 15.1 Å². The molecule has 16 heavy (non-hydrogen) atoms. The van der Waals surface area contributed by atoms with Gasteiger partial charge in [-0.15, -0.1) is 0 Å². The summed E-state index contributed by atoms with van der Waals surface area (Å²) in [6, 6.07) is 5.64. The van der Waals surface area contributed by atoms with Gasteiger partial charge in [0.15, 0.2) is 0 Å². The number of nitrogens with zero attached hydrogens (tertiary/aromatic N) is 3. The molecule has 2 aromatic rings. The molecule has 0 aliphatic rings. The first-order chi connectivity index (χ1) is 7.79. The van der Waals surface area contributed by atoms with Crippen LogP contribution in [0.25, 0.3) is 11.5 Å². The SMILES string of the molecule is CCC(N)Cc1nc(-c2ccccn2)no1. The fourth-order valence-corrected chi connectivity index (χ4v) is 1.31. The second kappa shape index (κ2) is 4.85. The van der Waals surface area contributed by atoms with Crippen molar-refractivity contribution >= 4 is 0 Å². The van der Waals surface area contributed by atoms with Crippen molar-refractivity contribution < 1.29 is 4.52 Å². The minimum atomic E-state index is 0.0667. The van der Waals surface area contributed by atoms with Crippen molar-refractivity contribution in [3.05, 3.63) is 30.3 Å². The van der Waals surface area contributed by atoms with Crippen LogP contribution in [0.3, 0.4) is 0 Å². The van der Waals surface area contributed by atoms with Crippen LogP contribution in [0.4, 0.5) is 0 Å². The van der Waals surface area contributed by atoms with Gasteiger partial charge in [-0.1, -0.05) is 18.1 Å². The van der Waals surface area contributed by atoms with Crippen molar-refractivity contribution in [3.63, 3.8) is 0 Å². The van der Waals surface area contributed by atoms with Gasteiger partial charge >= 0.3 is 0 Å². The van der Waals surface area contributed by atoms with Gasteiger partial charge in [-0.05, 0) is 18.6 Å². The number of aromatic nitrogens is 3. The summed E-state index contributed by atoms with van der Waals surface area (Å²) in [6.07, 6.45) is 3.20. The van der Waals surface area contributed by atoms with Gasteiger partial charge in [0.05, 0.1) is 0 Å². The Kier molecular flexibility index (Phi) is 3.26. The summed E-state index contributed by atoms with van der Waals surface area (Å²) in [6.45, 7) is 2.03. The second-order valence-electron chi connectivity index (χ2n) is 3.60. The average molecular weight is 218 g/mol. The number of nitrogens with two attached hydrogens (primary N) is 1. The molecular weight excluding hydrogens is 204 g/mol. The lowest BCUT2D eigenvalue weighted by atomic mass is 10.2. The summed E-state index contributed by atoms with van der Waals surface area (Å²) in [5.74, 6) is 1.08. The normalized spacial score (nSPS) is 12.6. The van der Waals surface area contributed by atoms with E-state index in [4.69, 9.17) is 10.3 Å². The smallest absolute Gasteiger partial charge is 0.228 e. The monoisotopic (exact) mass is 218 g/mol. The summed E-state index contributed by atoms with van der Waals surface area (Å²) in [5, 5.41) is 3.87. The first-order valence-corrected chi connectivity index (χ1v) is 5.29. The number of hydrogen-bond acceptors (Lipinski definition) is 5. The van der Waals surface area contributed by atoms with E-state index in [0.29, 0.717) is 23.8 Å². The summed E-state index contributed by atoms with van der Waals surface area (Å²) in [7, 11) is 0. The van der Waals surface area contributed by atoms with Gasteiger partial charge in [-0.2, -0.15) is 4.98 Å². The highest BCUT2D eigenvalue weighted by molar-refractivity contribution is 5.46. The van der Waals surface area contributed by atoms with Crippen LogP contribution in [0.1, 0.15) is 19.2 Å². The Labute approximate surface area is 93.7 Å². The molecule has 1 atom stereocenters. The molecule has 2 rings (SSSR count). The maximum absolute atomic E-state index is 5.81. The molecule has 0 amide bonds. The van der Waals surface area contributed by atoms with Crippen LogP contribution < -0.4 is 5.73 Å². The van der Waals surface area contributed by atoms with Gasteiger partial charge in [0.25, 0.3) is 0 Å². The van der Waals surface area contributed by atoms with Gasteiger partial charge in [0.2, 0.25) is 11.7 Å². The Morgan fingerprint density at radius 2 is 2.31 bits per heavy atom. The fourth-order valence-electron chi connectivity index (χ4n) is 1.31. The van der Waals surface area contributed by atoms with Crippen LogP contribution in [0.15, 0.2) is 28.9 Å². The largest absolute Gasteiger partial charge is 0.339 e. The second-order valence-corrected chi connectivity index (χ2v) is 3.60. The van der Waals surface area contributed by atoms with Crippen molar-refractivity contribution in [1.29, 1.82) is 0 Å². The van der Waals surface area contributed by atoms with Crippen LogP contribution in [0.5, 0.6) is 0 Å². The lowest BCUT2D eigenvalue weighted by Gasteiger charge is -2.02. The van der Waals surface area contributed by atoms with Gasteiger partial charge < -0.3 is 10.3 Å². The molecule has 0 aromatic carbocycles. The van der Waals surface area contributed by atoms with Crippen LogP contribution in [0, 0.1) is 0 Å². The summed E-state index contributed by atoms with van der Waals surface area (Å²) in [4.78, 5) is 8.39. The van der Waals surface area contributed by atoms with Crippen LogP contribution in [0.2, 0.25) is 0 Å². The lowest BCUT2D eigenvalue weighted by molar-refractivity contribution is 0.368. The fraction of sp³-hybridized carbons (Fsp3) is 0.364. The molecule has 2 N–H and O–H groups in total. The molecule has 5 nitrogen and oxygen atoms in total. The van der Waals surface area contributed by atoms with Gasteiger partial charge in [-0.25, -0.2) is 0 Å². The van der Waals surface area contributed by atoms with Gasteiger partial charge in [-0.3, -0.25) is 4.98 Å². The Morgan fingerprint density at radius 3 is 3.00 bits per heavy atom. The van der Waals surface area contributed by atoms with Crippen molar-refractivity contribution in [3.8, 4) is 11.5 Å².